The van der Waals surface area contributed by atoms with E-state index >= 15 is 0 Å². The first kappa shape index (κ1) is 20.2. The highest BCUT2D eigenvalue weighted by Crippen LogP contribution is 2.31. The van der Waals surface area contributed by atoms with Crippen molar-refractivity contribution in [3.05, 3.63) is 0 Å². The molecule has 1 atom stereocenters. The van der Waals surface area contributed by atoms with E-state index in [2.05, 4.69) is 5.32 Å². The van der Waals surface area contributed by atoms with Gasteiger partial charge in [-0.15, -0.1) is 0 Å². The Bertz CT molecular complexity index is 584. The summed E-state index contributed by atoms with van der Waals surface area (Å²) in [6.45, 7) is 4.30. The smallest absolute Gasteiger partial charge is 0.331 e. The van der Waals surface area contributed by atoms with Gasteiger partial charge in [0.1, 0.15) is 5.54 Å². The molecule has 1 aliphatic carbocycles. The van der Waals surface area contributed by atoms with Gasteiger partial charge in [0.05, 0.1) is 18.3 Å². The predicted molar refractivity (Wildman–Crippen MR) is 94.3 cm³/mol. The monoisotopic (exact) mass is 374 g/mol. The third-order valence-corrected chi connectivity index (χ3v) is 7.10. The van der Waals surface area contributed by atoms with Gasteiger partial charge in [-0.1, -0.05) is 19.3 Å². The van der Waals surface area contributed by atoms with Gasteiger partial charge in [-0.3, -0.25) is 4.79 Å². The van der Waals surface area contributed by atoms with E-state index in [1.807, 2.05) is 0 Å². The van der Waals surface area contributed by atoms with E-state index in [0.717, 1.165) is 19.3 Å². The van der Waals surface area contributed by atoms with Gasteiger partial charge in [-0.25, -0.2) is 17.5 Å². The summed E-state index contributed by atoms with van der Waals surface area (Å²) in [6.07, 6.45) is 5.26. The summed E-state index contributed by atoms with van der Waals surface area (Å²) in [7, 11) is -3.30. The van der Waals surface area contributed by atoms with Crippen LogP contribution in [0.3, 0.4) is 0 Å². The highest BCUT2D eigenvalue weighted by atomic mass is 32.2. The minimum atomic E-state index is -3.30. The lowest BCUT2D eigenvalue weighted by molar-refractivity contribution is -0.155. The van der Waals surface area contributed by atoms with Crippen LogP contribution in [0.5, 0.6) is 0 Å². The third kappa shape index (κ3) is 4.73. The van der Waals surface area contributed by atoms with Crippen LogP contribution in [-0.4, -0.2) is 55.6 Å². The van der Waals surface area contributed by atoms with Crippen LogP contribution in [0.4, 0.5) is 0 Å². The topological polar surface area (TPSA) is 92.8 Å². The van der Waals surface area contributed by atoms with Crippen LogP contribution in [0.2, 0.25) is 0 Å². The number of ether oxygens (including phenoxy) is 1. The summed E-state index contributed by atoms with van der Waals surface area (Å²) in [4.78, 5) is 25.3. The van der Waals surface area contributed by atoms with E-state index in [1.165, 1.54) is 4.31 Å². The van der Waals surface area contributed by atoms with Gasteiger partial charge < -0.3 is 10.1 Å². The van der Waals surface area contributed by atoms with Crippen molar-refractivity contribution in [3.63, 3.8) is 0 Å². The second-order valence-electron chi connectivity index (χ2n) is 6.95. The van der Waals surface area contributed by atoms with E-state index in [9.17, 15) is 18.0 Å². The van der Waals surface area contributed by atoms with Crippen LogP contribution in [0, 0.1) is 5.92 Å². The fourth-order valence-electron chi connectivity index (χ4n) is 3.73. The number of piperidine rings is 1. The minimum Gasteiger partial charge on any atom is -0.464 e. The first-order valence-corrected chi connectivity index (χ1v) is 10.9. The second kappa shape index (κ2) is 8.49. The molecular formula is C17H30N2O5S. The Morgan fingerprint density at radius 3 is 2.44 bits per heavy atom. The van der Waals surface area contributed by atoms with Crippen molar-refractivity contribution in [1.29, 1.82) is 0 Å². The molecule has 1 saturated carbocycles. The standard InChI is InChI=1S/C17H30N2O5S/c1-3-24-16(21)17(10-6-5-7-11-17)18-15(20)14-9-8-12-19(13-14)25(22,23)4-2/h14H,3-13H2,1-2H3,(H,18,20)/t14-/m0/s1. The largest absolute Gasteiger partial charge is 0.464 e. The number of amides is 1. The maximum atomic E-state index is 12.8. The lowest BCUT2D eigenvalue weighted by Gasteiger charge is -2.38. The number of esters is 1. The molecule has 1 aliphatic heterocycles. The number of hydrogen-bond donors (Lipinski definition) is 1. The molecule has 25 heavy (non-hydrogen) atoms. The van der Waals surface area contributed by atoms with Crippen LogP contribution < -0.4 is 5.32 Å². The fourth-order valence-corrected chi connectivity index (χ4v) is 4.91. The SMILES string of the molecule is CCOC(=O)C1(NC(=O)[C@H]2CCCN(S(=O)(=O)CC)C2)CCCCC1. The Morgan fingerprint density at radius 1 is 1.16 bits per heavy atom. The Morgan fingerprint density at radius 2 is 1.84 bits per heavy atom. The summed E-state index contributed by atoms with van der Waals surface area (Å²) < 4.78 is 30.8. The van der Waals surface area contributed by atoms with Crippen LogP contribution >= 0.6 is 0 Å². The van der Waals surface area contributed by atoms with E-state index in [1.54, 1.807) is 13.8 Å². The maximum absolute atomic E-state index is 12.8. The molecule has 0 unspecified atom stereocenters. The zero-order valence-corrected chi connectivity index (χ0v) is 16.1. The van der Waals surface area contributed by atoms with Gasteiger partial charge >= 0.3 is 5.97 Å². The van der Waals surface area contributed by atoms with Gasteiger partial charge in [0.15, 0.2) is 0 Å². The molecule has 8 heteroatoms. The van der Waals surface area contributed by atoms with Gasteiger partial charge in [0.2, 0.25) is 15.9 Å². The molecule has 0 aromatic heterocycles. The molecule has 0 aromatic rings. The summed E-state index contributed by atoms with van der Waals surface area (Å²) in [6, 6.07) is 0. The molecule has 1 heterocycles. The zero-order valence-electron chi connectivity index (χ0n) is 15.3. The molecule has 1 saturated heterocycles. The predicted octanol–water partition coefficient (Wildman–Crippen LogP) is 1.43. The summed E-state index contributed by atoms with van der Waals surface area (Å²) in [5.41, 5.74) is -0.947. The normalized spacial score (nSPS) is 24.5. The van der Waals surface area contributed by atoms with Crippen molar-refractivity contribution < 1.29 is 22.7 Å². The summed E-state index contributed by atoms with van der Waals surface area (Å²) in [5.74, 6) is -0.972. The third-order valence-electron chi connectivity index (χ3n) is 5.25. The maximum Gasteiger partial charge on any atom is 0.331 e. The molecule has 0 bridgehead atoms. The molecule has 144 valence electrons. The molecule has 2 rings (SSSR count). The lowest BCUT2D eigenvalue weighted by atomic mass is 9.81. The fraction of sp³-hybridized carbons (Fsp3) is 0.882. The number of hydrogen-bond acceptors (Lipinski definition) is 5. The molecule has 1 N–H and O–H groups in total. The van der Waals surface area contributed by atoms with E-state index in [-0.39, 0.29) is 30.8 Å². The number of nitrogens with one attached hydrogen (secondary N) is 1. The van der Waals surface area contributed by atoms with E-state index in [4.69, 9.17) is 4.74 Å². The van der Waals surface area contributed by atoms with Crippen LogP contribution in [0.15, 0.2) is 0 Å². The van der Waals surface area contributed by atoms with Gasteiger partial charge in [0.25, 0.3) is 0 Å². The van der Waals surface area contributed by atoms with Crippen molar-refractivity contribution in [3.8, 4) is 0 Å². The van der Waals surface area contributed by atoms with Gasteiger partial charge in [-0.2, -0.15) is 0 Å². The molecule has 1 amide bonds. The summed E-state index contributed by atoms with van der Waals surface area (Å²) >= 11 is 0. The van der Waals surface area contributed by atoms with Crippen molar-refractivity contribution >= 4 is 21.9 Å². The molecule has 7 nitrogen and oxygen atoms in total. The lowest BCUT2D eigenvalue weighted by Crippen LogP contribution is -2.59. The van der Waals surface area contributed by atoms with E-state index in [0.29, 0.717) is 32.2 Å². The van der Waals surface area contributed by atoms with Crippen LogP contribution in [0.25, 0.3) is 0 Å². The second-order valence-corrected chi connectivity index (χ2v) is 9.21. The highest BCUT2D eigenvalue weighted by Gasteiger charge is 2.44. The number of nitrogens with zero attached hydrogens (tertiary/aromatic N) is 1. The number of carbonyl (C=O) groups is 2. The Balaban J connectivity index is 2.08. The molecular weight excluding hydrogens is 344 g/mol. The van der Waals surface area contributed by atoms with Crippen LogP contribution in [-0.2, 0) is 24.3 Å². The first-order valence-electron chi connectivity index (χ1n) is 9.31. The molecule has 0 radical (unpaired) electrons. The minimum absolute atomic E-state index is 0.0358. The summed E-state index contributed by atoms with van der Waals surface area (Å²) in [5, 5.41) is 2.94. The number of sulfonamides is 1. The molecule has 0 aromatic carbocycles. The van der Waals surface area contributed by atoms with Crippen LogP contribution in [0.1, 0.15) is 58.8 Å². The van der Waals surface area contributed by atoms with Gasteiger partial charge in [0, 0.05) is 13.1 Å². The molecule has 2 fully saturated rings. The Hall–Kier alpha value is -1.15. The van der Waals surface area contributed by atoms with E-state index < -0.39 is 21.5 Å². The van der Waals surface area contributed by atoms with Crippen molar-refractivity contribution in [2.45, 2.75) is 64.3 Å². The van der Waals surface area contributed by atoms with Crippen molar-refractivity contribution in [2.75, 3.05) is 25.4 Å². The van der Waals surface area contributed by atoms with Crippen molar-refractivity contribution in [2.24, 2.45) is 5.92 Å². The average molecular weight is 375 g/mol. The van der Waals surface area contributed by atoms with Crippen molar-refractivity contribution in [1.82, 2.24) is 9.62 Å². The quantitative estimate of drug-likeness (QED) is 0.710. The molecule has 2 aliphatic rings. The Labute approximate surface area is 150 Å². The number of rotatable bonds is 6. The highest BCUT2D eigenvalue weighted by molar-refractivity contribution is 7.89. The Kier molecular flexibility index (Phi) is 6.85. The molecule has 0 spiro atoms. The number of carbonyl (C=O) groups excluding carboxylic acids is 2. The average Bonchev–Trinajstić information content (AvgIpc) is 2.62. The van der Waals surface area contributed by atoms with Gasteiger partial charge in [-0.05, 0) is 39.5 Å². The zero-order chi connectivity index (χ0) is 18.5. The first-order chi connectivity index (χ1) is 11.8.